The highest BCUT2D eigenvalue weighted by Gasteiger charge is 2.33. The normalized spacial score (nSPS) is 18.1. The van der Waals surface area contributed by atoms with Crippen molar-refractivity contribution in [3.63, 3.8) is 0 Å². The minimum atomic E-state index is -0.935. The quantitative estimate of drug-likeness (QED) is 0.894. The number of halogens is 1. The molecular weight excluding hydrogens is 280 g/mol. The van der Waals surface area contributed by atoms with Gasteiger partial charge in [0.15, 0.2) is 0 Å². The first-order chi connectivity index (χ1) is 9.58. The summed E-state index contributed by atoms with van der Waals surface area (Å²) in [6.07, 6.45) is 1.95. The Morgan fingerprint density at radius 2 is 2.05 bits per heavy atom. The number of carboxylic acid groups (broad SMARTS) is 1. The second-order valence-electron chi connectivity index (χ2n) is 4.80. The topological polar surface area (TPSA) is 69.6 Å². The molecule has 5 nitrogen and oxygen atoms in total. The maximum atomic E-state index is 11.9. The minimum absolute atomic E-state index is 0.302. The fraction of sp³-hybridized carbons (Fsp3) is 0.429. The van der Waals surface area contributed by atoms with E-state index in [2.05, 4.69) is 5.32 Å². The lowest BCUT2D eigenvalue weighted by Crippen LogP contribution is -2.46. The third kappa shape index (κ3) is 3.63. The molecule has 1 aromatic carbocycles. The predicted octanol–water partition coefficient (Wildman–Crippen LogP) is 2.14. The number of hydrogen-bond donors (Lipinski definition) is 2. The number of likely N-dealkylation sites (tertiary alicyclic amines) is 1. The summed E-state index contributed by atoms with van der Waals surface area (Å²) in [6.45, 7) is 0.979. The van der Waals surface area contributed by atoms with Gasteiger partial charge in [-0.05, 0) is 37.0 Å². The van der Waals surface area contributed by atoms with E-state index in [4.69, 9.17) is 16.7 Å². The summed E-state index contributed by atoms with van der Waals surface area (Å²) >= 11 is 5.80. The van der Waals surface area contributed by atoms with Gasteiger partial charge in [-0.1, -0.05) is 23.7 Å². The van der Waals surface area contributed by atoms with Crippen molar-refractivity contribution in [2.75, 3.05) is 13.1 Å². The number of nitrogens with one attached hydrogen (secondary N) is 1. The van der Waals surface area contributed by atoms with Gasteiger partial charge in [0.05, 0.1) is 0 Å². The summed E-state index contributed by atoms with van der Waals surface area (Å²) in [6, 6.07) is 6.43. The van der Waals surface area contributed by atoms with Gasteiger partial charge in [0.25, 0.3) is 0 Å². The van der Waals surface area contributed by atoms with Gasteiger partial charge < -0.3 is 15.3 Å². The van der Waals surface area contributed by atoms with Crippen LogP contribution in [0.1, 0.15) is 18.4 Å². The number of benzene rings is 1. The van der Waals surface area contributed by atoms with E-state index >= 15 is 0 Å². The molecule has 6 heteroatoms. The molecule has 1 aromatic rings. The summed E-state index contributed by atoms with van der Waals surface area (Å²) in [4.78, 5) is 24.3. The Morgan fingerprint density at radius 3 is 2.70 bits per heavy atom. The molecule has 1 fully saturated rings. The number of urea groups is 1. The Morgan fingerprint density at radius 1 is 1.35 bits per heavy atom. The molecule has 0 spiro atoms. The summed E-state index contributed by atoms with van der Waals surface area (Å²) in [5.41, 5.74) is 1.07. The molecule has 20 heavy (non-hydrogen) atoms. The van der Waals surface area contributed by atoms with Gasteiger partial charge in [-0.25, -0.2) is 9.59 Å². The molecule has 0 radical (unpaired) electrons. The summed E-state index contributed by atoms with van der Waals surface area (Å²) in [5, 5.41) is 12.5. The van der Waals surface area contributed by atoms with E-state index in [0.717, 1.165) is 12.0 Å². The summed E-state index contributed by atoms with van der Waals surface area (Å²) < 4.78 is 0. The van der Waals surface area contributed by atoms with E-state index in [1.54, 1.807) is 12.1 Å². The number of nitrogens with zero attached hydrogens (tertiary/aromatic N) is 1. The molecule has 1 saturated heterocycles. The zero-order valence-electron chi connectivity index (χ0n) is 11.0. The van der Waals surface area contributed by atoms with Crippen LogP contribution >= 0.6 is 11.6 Å². The average molecular weight is 297 g/mol. The maximum Gasteiger partial charge on any atom is 0.326 e. The number of aliphatic carboxylic acids is 1. The van der Waals surface area contributed by atoms with Crippen LogP contribution in [-0.2, 0) is 11.2 Å². The predicted molar refractivity (Wildman–Crippen MR) is 75.9 cm³/mol. The van der Waals surface area contributed by atoms with Gasteiger partial charge in [0.2, 0.25) is 0 Å². The van der Waals surface area contributed by atoms with E-state index in [0.29, 0.717) is 31.0 Å². The number of carbonyl (C=O) groups is 2. The molecule has 108 valence electrons. The molecule has 0 aliphatic carbocycles. The smallest absolute Gasteiger partial charge is 0.326 e. The van der Waals surface area contributed by atoms with Crippen molar-refractivity contribution in [1.29, 1.82) is 0 Å². The zero-order chi connectivity index (χ0) is 14.5. The largest absolute Gasteiger partial charge is 0.480 e. The Hall–Kier alpha value is -1.75. The molecule has 1 aliphatic rings. The van der Waals surface area contributed by atoms with Crippen LogP contribution in [0.15, 0.2) is 24.3 Å². The van der Waals surface area contributed by atoms with Crippen molar-refractivity contribution in [3.05, 3.63) is 34.9 Å². The van der Waals surface area contributed by atoms with Gasteiger partial charge in [0, 0.05) is 18.1 Å². The van der Waals surface area contributed by atoms with Crippen LogP contribution in [0.25, 0.3) is 0 Å². The lowest BCUT2D eigenvalue weighted by molar-refractivity contribution is -0.141. The first-order valence-corrected chi connectivity index (χ1v) is 6.97. The Balaban J connectivity index is 1.80. The van der Waals surface area contributed by atoms with Crippen molar-refractivity contribution < 1.29 is 14.7 Å². The van der Waals surface area contributed by atoms with Crippen LogP contribution < -0.4 is 5.32 Å². The van der Waals surface area contributed by atoms with Gasteiger partial charge in [0.1, 0.15) is 6.04 Å². The molecule has 2 rings (SSSR count). The molecule has 2 amide bonds. The highest BCUT2D eigenvalue weighted by molar-refractivity contribution is 6.30. The number of hydrogen-bond acceptors (Lipinski definition) is 2. The first-order valence-electron chi connectivity index (χ1n) is 6.59. The van der Waals surface area contributed by atoms with Gasteiger partial charge in [-0.3, -0.25) is 0 Å². The van der Waals surface area contributed by atoms with Gasteiger partial charge in [-0.15, -0.1) is 0 Å². The standard InChI is InChI=1S/C14H17ClN2O3/c15-11-5-3-10(4-6-11)7-8-16-14(20)17-9-1-2-12(17)13(18)19/h3-6,12H,1-2,7-9H2,(H,16,20)(H,18,19). The van der Waals surface area contributed by atoms with E-state index < -0.39 is 12.0 Å². The minimum Gasteiger partial charge on any atom is -0.480 e. The lowest BCUT2D eigenvalue weighted by Gasteiger charge is -2.21. The second-order valence-corrected chi connectivity index (χ2v) is 5.23. The van der Waals surface area contributed by atoms with Gasteiger partial charge >= 0.3 is 12.0 Å². The van der Waals surface area contributed by atoms with E-state index in [1.807, 2.05) is 12.1 Å². The monoisotopic (exact) mass is 296 g/mol. The SMILES string of the molecule is O=C(O)C1CCCN1C(=O)NCCc1ccc(Cl)cc1. The van der Waals surface area contributed by atoms with Crippen LogP contribution in [-0.4, -0.2) is 41.1 Å². The van der Waals surface area contributed by atoms with Crippen LogP contribution in [0.4, 0.5) is 4.79 Å². The summed E-state index contributed by atoms with van der Waals surface area (Å²) in [7, 11) is 0. The Kier molecular flexibility index (Phi) is 4.84. The van der Waals surface area contributed by atoms with E-state index in [9.17, 15) is 9.59 Å². The number of amides is 2. The highest BCUT2D eigenvalue weighted by atomic mass is 35.5. The fourth-order valence-corrected chi connectivity index (χ4v) is 2.46. The first kappa shape index (κ1) is 14.7. The van der Waals surface area contributed by atoms with Crippen LogP contribution in [0.2, 0.25) is 5.02 Å². The van der Waals surface area contributed by atoms with Crippen LogP contribution in [0, 0.1) is 0 Å². The average Bonchev–Trinajstić information content (AvgIpc) is 2.90. The van der Waals surface area contributed by atoms with Crippen molar-refractivity contribution >= 4 is 23.6 Å². The summed E-state index contributed by atoms with van der Waals surface area (Å²) in [5.74, 6) is -0.935. The molecular formula is C14H17ClN2O3. The molecule has 1 aliphatic heterocycles. The number of rotatable bonds is 4. The fourth-order valence-electron chi connectivity index (χ4n) is 2.33. The highest BCUT2D eigenvalue weighted by Crippen LogP contribution is 2.17. The van der Waals surface area contributed by atoms with E-state index in [1.165, 1.54) is 4.90 Å². The molecule has 0 bridgehead atoms. The third-order valence-corrected chi connectivity index (χ3v) is 3.65. The maximum absolute atomic E-state index is 11.9. The number of carboxylic acids is 1. The third-order valence-electron chi connectivity index (χ3n) is 3.40. The molecule has 2 N–H and O–H groups in total. The lowest BCUT2D eigenvalue weighted by atomic mass is 10.1. The molecule has 0 saturated carbocycles. The molecule has 1 unspecified atom stereocenters. The van der Waals surface area contributed by atoms with Crippen molar-refractivity contribution in [3.8, 4) is 0 Å². The zero-order valence-corrected chi connectivity index (χ0v) is 11.8. The molecule has 1 heterocycles. The number of carbonyl (C=O) groups excluding carboxylic acids is 1. The van der Waals surface area contributed by atoms with Crippen molar-refractivity contribution in [2.45, 2.75) is 25.3 Å². The van der Waals surface area contributed by atoms with Crippen molar-refractivity contribution in [1.82, 2.24) is 10.2 Å². The molecule has 0 aromatic heterocycles. The van der Waals surface area contributed by atoms with Crippen molar-refractivity contribution in [2.24, 2.45) is 0 Å². The van der Waals surface area contributed by atoms with Gasteiger partial charge in [-0.2, -0.15) is 0 Å². The van der Waals surface area contributed by atoms with Crippen LogP contribution in [0.5, 0.6) is 0 Å². The second kappa shape index (κ2) is 6.61. The Labute approximate surface area is 122 Å². The van der Waals surface area contributed by atoms with Crippen LogP contribution in [0.3, 0.4) is 0 Å². The Bertz CT molecular complexity index is 490. The van der Waals surface area contributed by atoms with E-state index in [-0.39, 0.29) is 6.03 Å². The molecule has 1 atom stereocenters.